The first-order valence-electron chi connectivity index (χ1n) is 5.82. The molecular weight excluding hydrogens is 216 g/mol. The summed E-state index contributed by atoms with van der Waals surface area (Å²) in [6.45, 7) is 3.95. The Morgan fingerprint density at radius 1 is 1.71 bits per heavy atom. The highest BCUT2D eigenvalue weighted by molar-refractivity contribution is 5.70. The number of esters is 1. The van der Waals surface area contributed by atoms with Crippen LogP contribution in [0.1, 0.15) is 26.7 Å². The fraction of sp³-hybridized carbons (Fsp3) is 0.500. The van der Waals surface area contributed by atoms with Crippen molar-refractivity contribution >= 4 is 5.97 Å². The van der Waals surface area contributed by atoms with Gasteiger partial charge in [0.05, 0.1) is 13.0 Å². The first-order chi connectivity index (χ1) is 8.17. The van der Waals surface area contributed by atoms with Crippen molar-refractivity contribution in [1.82, 2.24) is 0 Å². The van der Waals surface area contributed by atoms with Gasteiger partial charge in [-0.2, -0.15) is 0 Å². The highest BCUT2D eigenvalue weighted by atomic mass is 16.5. The van der Waals surface area contributed by atoms with Crippen molar-refractivity contribution in [3.8, 4) is 11.8 Å². The molecule has 1 aliphatic rings. The molecule has 1 N–H and O–H groups in total. The Bertz CT molecular complexity index is 382. The van der Waals surface area contributed by atoms with E-state index < -0.39 is 0 Å². The van der Waals surface area contributed by atoms with Gasteiger partial charge in [0.25, 0.3) is 0 Å². The second-order valence-electron chi connectivity index (χ2n) is 3.90. The van der Waals surface area contributed by atoms with Gasteiger partial charge in [0.1, 0.15) is 5.76 Å². The van der Waals surface area contributed by atoms with Crippen LogP contribution in [0.4, 0.5) is 0 Å². The number of carbonyl (C=O) groups excluding carboxylic acids is 1. The zero-order valence-corrected chi connectivity index (χ0v) is 10.3. The first-order valence-corrected chi connectivity index (χ1v) is 5.82. The van der Waals surface area contributed by atoms with Crippen molar-refractivity contribution in [2.75, 3.05) is 6.61 Å². The lowest BCUT2D eigenvalue weighted by Gasteiger charge is -2.20. The number of carbonyl (C=O) groups is 1. The predicted octanol–water partition coefficient (Wildman–Crippen LogP) is 2.60. The summed E-state index contributed by atoms with van der Waals surface area (Å²) >= 11 is 0. The lowest BCUT2D eigenvalue weighted by molar-refractivity contribution is -0.144. The van der Waals surface area contributed by atoms with Crippen molar-refractivity contribution in [1.29, 1.82) is 0 Å². The SMILES string of the molecule is CC#C[C@@H](CC(=O)OCC)C1C=CC(O)=CC1. The van der Waals surface area contributed by atoms with E-state index in [1.165, 1.54) is 0 Å². The third-order valence-corrected chi connectivity index (χ3v) is 2.65. The van der Waals surface area contributed by atoms with Gasteiger partial charge in [-0.3, -0.25) is 4.79 Å². The van der Waals surface area contributed by atoms with Crippen LogP contribution in [0, 0.1) is 23.7 Å². The van der Waals surface area contributed by atoms with Crippen LogP contribution >= 0.6 is 0 Å². The van der Waals surface area contributed by atoms with E-state index in [0.717, 1.165) is 0 Å². The van der Waals surface area contributed by atoms with E-state index in [1.54, 1.807) is 26.0 Å². The Morgan fingerprint density at radius 2 is 2.47 bits per heavy atom. The smallest absolute Gasteiger partial charge is 0.307 e. The van der Waals surface area contributed by atoms with Crippen LogP contribution in [0.5, 0.6) is 0 Å². The monoisotopic (exact) mass is 234 g/mol. The molecule has 0 amide bonds. The Kier molecular flexibility index (Phi) is 5.35. The van der Waals surface area contributed by atoms with Crippen molar-refractivity contribution in [3.63, 3.8) is 0 Å². The molecule has 0 bridgehead atoms. The molecular formula is C14H18O3. The van der Waals surface area contributed by atoms with Crippen LogP contribution in [0.25, 0.3) is 0 Å². The average Bonchev–Trinajstić information content (AvgIpc) is 2.30. The second-order valence-corrected chi connectivity index (χ2v) is 3.90. The topological polar surface area (TPSA) is 46.5 Å². The van der Waals surface area contributed by atoms with Crippen LogP contribution in [0.15, 0.2) is 24.0 Å². The van der Waals surface area contributed by atoms with Gasteiger partial charge in [-0.25, -0.2) is 0 Å². The number of ether oxygens (including phenoxy) is 1. The fourth-order valence-corrected chi connectivity index (χ4v) is 1.82. The lowest BCUT2D eigenvalue weighted by Crippen LogP contribution is -2.18. The number of aliphatic hydroxyl groups is 1. The van der Waals surface area contributed by atoms with Gasteiger partial charge in [0.2, 0.25) is 0 Å². The molecule has 0 saturated carbocycles. The Labute approximate surface area is 102 Å². The first kappa shape index (κ1) is 13.4. The number of allylic oxidation sites excluding steroid dienone is 3. The minimum absolute atomic E-state index is 0.0420. The molecule has 3 heteroatoms. The van der Waals surface area contributed by atoms with Crippen molar-refractivity contribution < 1.29 is 14.6 Å². The van der Waals surface area contributed by atoms with E-state index in [2.05, 4.69) is 11.8 Å². The maximum atomic E-state index is 11.5. The molecule has 0 radical (unpaired) electrons. The van der Waals surface area contributed by atoms with Crippen molar-refractivity contribution in [2.45, 2.75) is 26.7 Å². The van der Waals surface area contributed by atoms with Gasteiger partial charge in [-0.05, 0) is 38.3 Å². The van der Waals surface area contributed by atoms with E-state index in [9.17, 15) is 9.90 Å². The summed E-state index contributed by atoms with van der Waals surface area (Å²) in [6.07, 6.45) is 6.33. The largest absolute Gasteiger partial charge is 0.508 e. The average molecular weight is 234 g/mol. The predicted molar refractivity (Wildman–Crippen MR) is 66.1 cm³/mol. The number of aliphatic hydroxyl groups excluding tert-OH is 1. The Morgan fingerprint density at radius 3 is 3.00 bits per heavy atom. The third-order valence-electron chi connectivity index (χ3n) is 2.65. The summed E-state index contributed by atoms with van der Waals surface area (Å²) in [4.78, 5) is 11.5. The normalized spacial score (nSPS) is 19.9. The van der Waals surface area contributed by atoms with Gasteiger partial charge >= 0.3 is 5.97 Å². The standard InChI is InChI=1S/C14H18O3/c1-3-5-12(10-14(16)17-4-2)11-6-8-13(15)9-7-11/h6,8-9,11-12,15H,4,7,10H2,1-2H3/t11?,12-/m0/s1. The molecule has 0 spiro atoms. The second kappa shape index (κ2) is 6.80. The molecule has 0 saturated heterocycles. The van der Waals surface area contributed by atoms with E-state index in [-0.39, 0.29) is 23.6 Å². The fourth-order valence-electron chi connectivity index (χ4n) is 1.82. The molecule has 0 fully saturated rings. The van der Waals surface area contributed by atoms with Crippen molar-refractivity contribution in [3.05, 3.63) is 24.0 Å². The highest BCUT2D eigenvalue weighted by Gasteiger charge is 2.22. The molecule has 0 aliphatic heterocycles. The van der Waals surface area contributed by atoms with E-state index in [0.29, 0.717) is 19.4 Å². The zero-order valence-electron chi connectivity index (χ0n) is 10.3. The van der Waals surface area contributed by atoms with Gasteiger partial charge in [0.15, 0.2) is 0 Å². The third kappa shape index (κ3) is 4.36. The minimum Gasteiger partial charge on any atom is -0.508 e. The maximum Gasteiger partial charge on any atom is 0.307 e. The highest BCUT2D eigenvalue weighted by Crippen LogP contribution is 2.25. The summed E-state index contributed by atoms with van der Waals surface area (Å²) in [5.41, 5.74) is 0. The summed E-state index contributed by atoms with van der Waals surface area (Å²) in [6, 6.07) is 0. The van der Waals surface area contributed by atoms with Gasteiger partial charge < -0.3 is 9.84 Å². The summed E-state index contributed by atoms with van der Waals surface area (Å²) in [7, 11) is 0. The molecule has 2 atom stereocenters. The zero-order chi connectivity index (χ0) is 12.7. The molecule has 1 rings (SSSR count). The molecule has 17 heavy (non-hydrogen) atoms. The number of hydrogen-bond donors (Lipinski definition) is 1. The van der Waals surface area contributed by atoms with E-state index in [4.69, 9.17) is 4.74 Å². The lowest BCUT2D eigenvalue weighted by atomic mass is 9.85. The molecule has 0 aromatic heterocycles. The summed E-state index contributed by atoms with van der Waals surface area (Å²) in [5, 5.41) is 9.25. The van der Waals surface area contributed by atoms with Crippen molar-refractivity contribution in [2.24, 2.45) is 11.8 Å². The summed E-state index contributed by atoms with van der Waals surface area (Å²) in [5.74, 6) is 6.08. The van der Waals surface area contributed by atoms with Gasteiger partial charge in [0, 0.05) is 5.92 Å². The van der Waals surface area contributed by atoms with Crippen LogP contribution in [0.3, 0.4) is 0 Å². The van der Waals surface area contributed by atoms with Crippen LogP contribution in [-0.4, -0.2) is 17.7 Å². The molecule has 3 nitrogen and oxygen atoms in total. The summed E-state index contributed by atoms with van der Waals surface area (Å²) < 4.78 is 4.94. The molecule has 0 aromatic carbocycles. The minimum atomic E-state index is -0.215. The van der Waals surface area contributed by atoms with Crippen LogP contribution in [-0.2, 0) is 9.53 Å². The molecule has 0 heterocycles. The van der Waals surface area contributed by atoms with E-state index in [1.807, 2.05) is 6.08 Å². The Balaban J connectivity index is 2.63. The van der Waals surface area contributed by atoms with Crippen LogP contribution in [0.2, 0.25) is 0 Å². The quantitative estimate of drug-likeness (QED) is 0.600. The number of hydrogen-bond acceptors (Lipinski definition) is 3. The van der Waals surface area contributed by atoms with E-state index >= 15 is 0 Å². The number of rotatable bonds is 4. The maximum absolute atomic E-state index is 11.5. The van der Waals surface area contributed by atoms with Gasteiger partial charge in [-0.15, -0.1) is 5.92 Å². The Hall–Kier alpha value is -1.69. The van der Waals surface area contributed by atoms with Gasteiger partial charge in [-0.1, -0.05) is 12.0 Å². The van der Waals surface area contributed by atoms with Crippen LogP contribution < -0.4 is 0 Å². The molecule has 0 aromatic rings. The molecule has 1 aliphatic carbocycles. The molecule has 1 unspecified atom stereocenters. The molecule has 92 valence electrons.